The number of aryl methyl sites for hydroxylation is 2. The van der Waals surface area contributed by atoms with E-state index in [-0.39, 0.29) is 5.82 Å². The van der Waals surface area contributed by atoms with Crippen LogP contribution in [0.4, 0.5) is 10.1 Å². The molecule has 0 fully saturated rings. The number of halogens is 2. The summed E-state index contributed by atoms with van der Waals surface area (Å²) in [6, 6.07) is 6.88. The van der Waals surface area contributed by atoms with Crippen LogP contribution in [0.15, 0.2) is 28.7 Å². The van der Waals surface area contributed by atoms with E-state index in [1.54, 1.807) is 16.8 Å². The lowest BCUT2D eigenvalue weighted by atomic mass is 10.3. The molecule has 2 rings (SSSR count). The van der Waals surface area contributed by atoms with Crippen molar-refractivity contribution >= 4 is 21.6 Å². The van der Waals surface area contributed by atoms with Gasteiger partial charge in [-0.15, -0.1) is 0 Å². The highest BCUT2D eigenvalue weighted by Crippen LogP contribution is 2.25. The first kappa shape index (κ1) is 12.1. The van der Waals surface area contributed by atoms with Crippen molar-refractivity contribution in [2.75, 3.05) is 5.32 Å². The number of nitrogens with one attached hydrogen (secondary N) is 1. The van der Waals surface area contributed by atoms with E-state index in [0.717, 1.165) is 15.9 Å². The summed E-state index contributed by atoms with van der Waals surface area (Å²) in [5.74, 6) is -0.265. The van der Waals surface area contributed by atoms with Crippen molar-refractivity contribution in [2.45, 2.75) is 13.5 Å². The van der Waals surface area contributed by atoms with E-state index in [0.29, 0.717) is 12.2 Å². The van der Waals surface area contributed by atoms with E-state index in [9.17, 15) is 4.39 Å². The van der Waals surface area contributed by atoms with Crippen molar-refractivity contribution in [1.82, 2.24) is 9.78 Å². The van der Waals surface area contributed by atoms with Crippen molar-refractivity contribution in [1.29, 1.82) is 0 Å². The second kappa shape index (κ2) is 4.87. The topological polar surface area (TPSA) is 29.9 Å². The Hall–Kier alpha value is -1.36. The van der Waals surface area contributed by atoms with Gasteiger partial charge in [-0.3, -0.25) is 4.68 Å². The molecular formula is C12H13BrFN3. The molecule has 0 aliphatic carbocycles. The van der Waals surface area contributed by atoms with Crippen LogP contribution >= 0.6 is 15.9 Å². The average Bonchev–Trinajstić information content (AvgIpc) is 2.57. The van der Waals surface area contributed by atoms with Gasteiger partial charge in [0.25, 0.3) is 0 Å². The number of para-hydroxylation sites is 1. The minimum atomic E-state index is -0.265. The zero-order chi connectivity index (χ0) is 12.4. The Labute approximate surface area is 108 Å². The maximum Gasteiger partial charge on any atom is 0.147 e. The summed E-state index contributed by atoms with van der Waals surface area (Å²) in [5, 5.41) is 7.31. The fourth-order valence-corrected chi connectivity index (χ4v) is 2.16. The predicted molar refractivity (Wildman–Crippen MR) is 69.4 cm³/mol. The summed E-state index contributed by atoms with van der Waals surface area (Å²) in [6.07, 6.45) is 0. The Morgan fingerprint density at radius 2 is 2.24 bits per heavy atom. The summed E-state index contributed by atoms with van der Waals surface area (Å²) < 4.78 is 16.1. The molecule has 5 heteroatoms. The van der Waals surface area contributed by atoms with Crippen LogP contribution in [-0.2, 0) is 13.6 Å². The zero-order valence-electron chi connectivity index (χ0n) is 9.67. The van der Waals surface area contributed by atoms with Crippen LogP contribution in [-0.4, -0.2) is 9.78 Å². The lowest BCUT2D eigenvalue weighted by Crippen LogP contribution is -2.06. The zero-order valence-corrected chi connectivity index (χ0v) is 11.3. The number of benzene rings is 1. The Morgan fingerprint density at radius 3 is 2.82 bits per heavy atom. The molecule has 0 saturated carbocycles. The van der Waals surface area contributed by atoms with Crippen LogP contribution < -0.4 is 5.32 Å². The van der Waals surface area contributed by atoms with Gasteiger partial charge in [-0.1, -0.05) is 6.07 Å². The maximum absolute atomic E-state index is 13.5. The molecule has 0 aliphatic heterocycles. The van der Waals surface area contributed by atoms with E-state index in [1.165, 1.54) is 6.07 Å². The van der Waals surface area contributed by atoms with Crippen molar-refractivity contribution in [3.8, 4) is 0 Å². The molecule has 1 aromatic carbocycles. The van der Waals surface area contributed by atoms with E-state index < -0.39 is 0 Å². The standard InChI is InChI=1S/C12H13BrFN3/c1-8-6-9(17(2)16-8)7-15-12-10(13)4-3-5-11(12)14/h3-6,15H,7H2,1-2H3. The van der Waals surface area contributed by atoms with E-state index in [4.69, 9.17) is 0 Å². The Bertz CT molecular complexity index is 516. The first-order valence-corrected chi connectivity index (χ1v) is 6.04. The van der Waals surface area contributed by atoms with Gasteiger partial charge in [0.1, 0.15) is 5.82 Å². The quantitative estimate of drug-likeness (QED) is 0.942. The van der Waals surface area contributed by atoms with Gasteiger partial charge in [0, 0.05) is 11.5 Å². The Balaban J connectivity index is 2.15. The summed E-state index contributed by atoms with van der Waals surface area (Å²) >= 11 is 3.32. The van der Waals surface area contributed by atoms with Crippen molar-refractivity contribution in [3.63, 3.8) is 0 Å². The van der Waals surface area contributed by atoms with E-state index in [1.807, 2.05) is 20.0 Å². The molecule has 3 nitrogen and oxygen atoms in total. The van der Waals surface area contributed by atoms with Gasteiger partial charge >= 0.3 is 0 Å². The number of anilines is 1. The van der Waals surface area contributed by atoms with Gasteiger partial charge in [0.15, 0.2) is 0 Å². The monoisotopic (exact) mass is 297 g/mol. The Morgan fingerprint density at radius 1 is 1.47 bits per heavy atom. The highest BCUT2D eigenvalue weighted by Gasteiger charge is 2.07. The van der Waals surface area contributed by atoms with Crippen LogP contribution in [0.25, 0.3) is 0 Å². The summed E-state index contributed by atoms with van der Waals surface area (Å²) in [5.41, 5.74) is 2.45. The minimum Gasteiger partial charge on any atom is -0.376 e. The molecule has 0 spiro atoms. The van der Waals surface area contributed by atoms with Crippen molar-refractivity contribution in [3.05, 3.63) is 45.9 Å². The molecule has 0 bridgehead atoms. The van der Waals surface area contributed by atoms with Crippen molar-refractivity contribution in [2.24, 2.45) is 7.05 Å². The Kier molecular flexibility index (Phi) is 3.47. The van der Waals surface area contributed by atoms with Crippen LogP contribution in [0.5, 0.6) is 0 Å². The fourth-order valence-electron chi connectivity index (χ4n) is 1.68. The highest BCUT2D eigenvalue weighted by molar-refractivity contribution is 9.10. The lowest BCUT2D eigenvalue weighted by Gasteiger charge is -2.09. The number of hydrogen-bond donors (Lipinski definition) is 1. The number of aromatic nitrogens is 2. The maximum atomic E-state index is 13.5. The van der Waals surface area contributed by atoms with E-state index in [2.05, 4.69) is 26.3 Å². The van der Waals surface area contributed by atoms with Crippen LogP contribution in [0.2, 0.25) is 0 Å². The molecule has 0 aliphatic rings. The predicted octanol–water partition coefficient (Wildman–Crippen LogP) is 3.24. The first-order valence-electron chi connectivity index (χ1n) is 5.25. The SMILES string of the molecule is Cc1cc(CNc2c(F)cccc2Br)n(C)n1. The fraction of sp³-hybridized carbons (Fsp3) is 0.250. The molecular weight excluding hydrogens is 285 g/mol. The third kappa shape index (κ3) is 2.66. The van der Waals surface area contributed by atoms with Crippen molar-refractivity contribution < 1.29 is 4.39 Å². The number of rotatable bonds is 3. The normalized spacial score (nSPS) is 10.6. The van der Waals surface area contributed by atoms with Gasteiger partial charge in [-0.05, 0) is 41.1 Å². The smallest absolute Gasteiger partial charge is 0.147 e. The molecule has 0 unspecified atom stereocenters. The molecule has 0 amide bonds. The summed E-state index contributed by atoms with van der Waals surface area (Å²) in [4.78, 5) is 0. The van der Waals surface area contributed by atoms with Crippen LogP contribution in [0, 0.1) is 12.7 Å². The molecule has 90 valence electrons. The molecule has 0 atom stereocenters. The molecule has 1 heterocycles. The minimum absolute atomic E-state index is 0.265. The van der Waals surface area contributed by atoms with Gasteiger partial charge in [0.05, 0.1) is 23.6 Å². The molecule has 0 radical (unpaired) electrons. The van der Waals surface area contributed by atoms with Gasteiger partial charge < -0.3 is 5.32 Å². The lowest BCUT2D eigenvalue weighted by molar-refractivity contribution is 0.628. The summed E-state index contributed by atoms with van der Waals surface area (Å²) in [6.45, 7) is 2.47. The number of hydrogen-bond acceptors (Lipinski definition) is 2. The largest absolute Gasteiger partial charge is 0.376 e. The molecule has 1 aromatic heterocycles. The third-order valence-corrected chi connectivity index (χ3v) is 3.17. The van der Waals surface area contributed by atoms with Crippen LogP contribution in [0.1, 0.15) is 11.4 Å². The molecule has 17 heavy (non-hydrogen) atoms. The second-order valence-electron chi connectivity index (χ2n) is 3.85. The van der Waals surface area contributed by atoms with E-state index >= 15 is 0 Å². The summed E-state index contributed by atoms with van der Waals surface area (Å²) in [7, 11) is 1.88. The molecule has 2 aromatic rings. The van der Waals surface area contributed by atoms with Gasteiger partial charge in [-0.2, -0.15) is 5.10 Å². The third-order valence-electron chi connectivity index (χ3n) is 2.51. The van der Waals surface area contributed by atoms with Gasteiger partial charge in [0.2, 0.25) is 0 Å². The average molecular weight is 298 g/mol. The van der Waals surface area contributed by atoms with Gasteiger partial charge in [-0.25, -0.2) is 4.39 Å². The van der Waals surface area contributed by atoms with Crippen LogP contribution in [0.3, 0.4) is 0 Å². The first-order chi connectivity index (χ1) is 8.08. The second-order valence-corrected chi connectivity index (χ2v) is 4.71. The number of nitrogens with zero attached hydrogens (tertiary/aromatic N) is 2. The molecule has 0 saturated heterocycles. The molecule has 1 N–H and O–H groups in total. The highest BCUT2D eigenvalue weighted by atomic mass is 79.9.